The van der Waals surface area contributed by atoms with Gasteiger partial charge in [-0.05, 0) is 18.2 Å². The summed E-state index contributed by atoms with van der Waals surface area (Å²) >= 11 is 3.08. The minimum atomic E-state index is -1.26. The normalized spacial score (nSPS) is 11.8. The molecule has 1 rings (SSSR count). The molecule has 1 amide bonds. The van der Waals surface area contributed by atoms with E-state index in [1.807, 2.05) is 0 Å². The number of ether oxygens (including phenoxy) is 1. The molecule has 0 fully saturated rings. The number of aliphatic hydroxyl groups excluding tert-OH is 1. The zero-order chi connectivity index (χ0) is 15.1. The fourth-order valence-electron chi connectivity index (χ4n) is 1.36. The lowest BCUT2D eigenvalue weighted by Crippen LogP contribution is -2.43. The Kier molecular flexibility index (Phi) is 6.40. The number of nitrogens with one attached hydrogen (secondary N) is 1. The Labute approximate surface area is 122 Å². The van der Waals surface area contributed by atoms with Gasteiger partial charge < -0.3 is 20.3 Å². The van der Waals surface area contributed by atoms with E-state index in [2.05, 4.69) is 21.2 Å². The highest BCUT2D eigenvalue weighted by molar-refractivity contribution is 9.10. The van der Waals surface area contributed by atoms with Crippen molar-refractivity contribution in [2.45, 2.75) is 12.5 Å². The zero-order valence-electron chi connectivity index (χ0n) is 10.3. The molecule has 0 aliphatic heterocycles. The summed E-state index contributed by atoms with van der Waals surface area (Å²) in [4.78, 5) is 22.2. The Morgan fingerprint density at radius 1 is 1.45 bits per heavy atom. The van der Waals surface area contributed by atoms with Gasteiger partial charge in [-0.1, -0.05) is 15.9 Å². The Morgan fingerprint density at radius 2 is 2.15 bits per heavy atom. The highest BCUT2D eigenvalue weighted by atomic mass is 79.9. The second-order valence-electron chi connectivity index (χ2n) is 3.83. The maximum absolute atomic E-state index is 13.4. The molecule has 1 aromatic carbocycles. The first-order chi connectivity index (χ1) is 9.43. The average Bonchev–Trinajstić information content (AvgIpc) is 2.37. The van der Waals surface area contributed by atoms with Gasteiger partial charge in [0.05, 0.1) is 0 Å². The molecule has 0 aliphatic rings. The second-order valence-corrected chi connectivity index (χ2v) is 4.75. The van der Waals surface area contributed by atoms with Gasteiger partial charge in [0.25, 0.3) is 5.91 Å². The summed E-state index contributed by atoms with van der Waals surface area (Å²) in [6.45, 7) is -0.896. The molecule has 0 saturated heterocycles. The van der Waals surface area contributed by atoms with E-state index in [1.165, 1.54) is 12.1 Å². The maximum Gasteiger partial charge on any atom is 0.326 e. The number of halogens is 2. The maximum atomic E-state index is 13.4. The van der Waals surface area contributed by atoms with Gasteiger partial charge in [0.2, 0.25) is 0 Å². The van der Waals surface area contributed by atoms with Gasteiger partial charge >= 0.3 is 5.97 Å². The number of aliphatic carboxylic acids is 1. The number of carbonyl (C=O) groups is 2. The van der Waals surface area contributed by atoms with Gasteiger partial charge in [0.15, 0.2) is 18.2 Å². The van der Waals surface area contributed by atoms with Crippen molar-refractivity contribution in [1.29, 1.82) is 0 Å². The molecule has 0 aliphatic carbocycles. The second kappa shape index (κ2) is 7.81. The molecule has 3 N–H and O–H groups in total. The van der Waals surface area contributed by atoms with Crippen LogP contribution in [-0.2, 0) is 9.59 Å². The summed E-state index contributed by atoms with van der Waals surface area (Å²) in [5, 5.41) is 19.6. The van der Waals surface area contributed by atoms with Crippen LogP contribution in [0.5, 0.6) is 5.75 Å². The average molecular weight is 350 g/mol. The van der Waals surface area contributed by atoms with E-state index in [9.17, 15) is 14.0 Å². The SMILES string of the molecule is O=C(COc1ccc(Br)cc1F)NC(CCO)C(=O)O. The van der Waals surface area contributed by atoms with Crippen molar-refractivity contribution in [3.05, 3.63) is 28.5 Å². The van der Waals surface area contributed by atoms with E-state index in [0.717, 1.165) is 0 Å². The molecule has 110 valence electrons. The van der Waals surface area contributed by atoms with Crippen molar-refractivity contribution in [3.8, 4) is 5.75 Å². The van der Waals surface area contributed by atoms with E-state index in [1.54, 1.807) is 6.07 Å². The molecule has 1 unspecified atom stereocenters. The smallest absolute Gasteiger partial charge is 0.326 e. The number of carboxylic acid groups (broad SMARTS) is 1. The third-order valence-electron chi connectivity index (χ3n) is 2.30. The minimum absolute atomic E-state index is 0.114. The highest BCUT2D eigenvalue weighted by Gasteiger charge is 2.19. The molecule has 0 heterocycles. The predicted octanol–water partition coefficient (Wildman–Crippen LogP) is 0.919. The first-order valence-electron chi connectivity index (χ1n) is 5.65. The zero-order valence-corrected chi connectivity index (χ0v) is 11.9. The predicted molar refractivity (Wildman–Crippen MR) is 70.9 cm³/mol. The third-order valence-corrected chi connectivity index (χ3v) is 2.80. The largest absolute Gasteiger partial charge is 0.481 e. The number of hydrogen-bond donors (Lipinski definition) is 3. The first kappa shape index (κ1) is 16.4. The van der Waals surface area contributed by atoms with Crippen LogP contribution in [0.3, 0.4) is 0 Å². The number of hydrogen-bond acceptors (Lipinski definition) is 4. The molecule has 0 bridgehead atoms. The molecule has 20 heavy (non-hydrogen) atoms. The van der Waals surface area contributed by atoms with Gasteiger partial charge in [-0.3, -0.25) is 4.79 Å². The van der Waals surface area contributed by atoms with Gasteiger partial charge in [-0.2, -0.15) is 0 Å². The molecular formula is C12H13BrFNO5. The lowest BCUT2D eigenvalue weighted by Gasteiger charge is -2.13. The summed E-state index contributed by atoms with van der Waals surface area (Å²) in [5.74, 6) is -2.73. The lowest BCUT2D eigenvalue weighted by atomic mass is 10.2. The highest BCUT2D eigenvalue weighted by Crippen LogP contribution is 2.21. The van der Waals surface area contributed by atoms with Crippen LogP contribution in [-0.4, -0.2) is 41.3 Å². The van der Waals surface area contributed by atoms with E-state index in [0.29, 0.717) is 4.47 Å². The van der Waals surface area contributed by atoms with Crippen LogP contribution in [0.25, 0.3) is 0 Å². The number of carbonyl (C=O) groups excluding carboxylic acids is 1. The number of amides is 1. The number of carboxylic acids is 1. The summed E-state index contributed by atoms with van der Waals surface area (Å²) in [5.41, 5.74) is 0. The van der Waals surface area contributed by atoms with E-state index in [4.69, 9.17) is 14.9 Å². The van der Waals surface area contributed by atoms with Gasteiger partial charge in [-0.25, -0.2) is 9.18 Å². The number of rotatable bonds is 7. The third kappa shape index (κ3) is 5.14. The van der Waals surface area contributed by atoms with Crippen LogP contribution < -0.4 is 10.1 Å². The van der Waals surface area contributed by atoms with Crippen LogP contribution >= 0.6 is 15.9 Å². The van der Waals surface area contributed by atoms with E-state index < -0.39 is 30.3 Å². The summed E-state index contributed by atoms with van der Waals surface area (Å²) in [6, 6.07) is 2.86. The summed E-state index contributed by atoms with van der Waals surface area (Å²) < 4.78 is 18.9. The molecule has 0 saturated carbocycles. The van der Waals surface area contributed by atoms with Crippen LogP contribution in [0.1, 0.15) is 6.42 Å². The van der Waals surface area contributed by atoms with Crippen molar-refractivity contribution < 1.29 is 28.9 Å². The van der Waals surface area contributed by atoms with Gasteiger partial charge in [-0.15, -0.1) is 0 Å². The van der Waals surface area contributed by atoms with Crippen molar-refractivity contribution in [3.63, 3.8) is 0 Å². The standard InChI is InChI=1S/C12H13BrFNO5/c13-7-1-2-10(8(14)5-7)20-6-11(17)15-9(3-4-16)12(18)19/h1-2,5,9,16H,3-4,6H2,(H,15,17)(H,18,19). The molecule has 0 spiro atoms. The Morgan fingerprint density at radius 3 is 2.70 bits per heavy atom. The van der Waals surface area contributed by atoms with Crippen LogP contribution in [0.2, 0.25) is 0 Å². The fraction of sp³-hybridized carbons (Fsp3) is 0.333. The first-order valence-corrected chi connectivity index (χ1v) is 6.44. The Balaban J connectivity index is 2.52. The summed E-state index contributed by atoms with van der Waals surface area (Å²) in [7, 11) is 0. The Hall–Kier alpha value is -1.67. The molecule has 0 aromatic heterocycles. The van der Waals surface area contributed by atoms with Crippen molar-refractivity contribution in [2.75, 3.05) is 13.2 Å². The van der Waals surface area contributed by atoms with Crippen molar-refractivity contribution in [1.82, 2.24) is 5.32 Å². The number of aliphatic hydroxyl groups is 1. The number of benzene rings is 1. The monoisotopic (exact) mass is 349 g/mol. The van der Waals surface area contributed by atoms with Crippen LogP contribution in [0.15, 0.2) is 22.7 Å². The van der Waals surface area contributed by atoms with Crippen molar-refractivity contribution in [2.24, 2.45) is 0 Å². The lowest BCUT2D eigenvalue weighted by molar-refractivity contribution is -0.142. The molecule has 0 radical (unpaired) electrons. The topological polar surface area (TPSA) is 95.9 Å². The van der Waals surface area contributed by atoms with Crippen molar-refractivity contribution >= 4 is 27.8 Å². The molecular weight excluding hydrogens is 337 g/mol. The molecule has 8 heteroatoms. The molecule has 1 atom stereocenters. The van der Waals surface area contributed by atoms with Crippen LogP contribution in [0.4, 0.5) is 4.39 Å². The van der Waals surface area contributed by atoms with E-state index in [-0.39, 0.29) is 18.8 Å². The Bertz CT molecular complexity index is 497. The molecule has 1 aromatic rings. The van der Waals surface area contributed by atoms with Crippen LogP contribution in [0, 0.1) is 5.82 Å². The minimum Gasteiger partial charge on any atom is -0.481 e. The summed E-state index contributed by atoms with van der Waals surface area (Å²) in [6.07, 6.45) is -0.117. The van der Waals surface area contributed by atoms with E-state index >= 15 is 0 Å². The quantitative estimate of drug-likeness (QED) is 0.680. The van der Waals surface area contributed by atoms with Gasteiger partial charge in [0.1, 0.15) is 6.04 Å². The fourth-order valence-corrected chi connectivity index (χ4v) is 1.69. The van der Waals surface area contributed by atoms with Gasteiger partial charge in [0, 0.05) is 17.5 Å². The molecule has 6 nitrogen and oxygen atoms in total.